The van der Waals surface area contributed by atoms with Crippen LogP contribution < -0.4 is 21.5 Å². The van der Waals surface area contributed by atoms with Crippen LogP contribution in [0.2, 0.25) is 0 Å². The molecule has 9 heteroatoms. The number of anilines is 3. The Morgan fingerprint density at radius 2 is 2.00 bits per heavy atom. The second-order valence-electron chi connectivity index (χ2n) is 6.84. The summed E-state index contributed by atoms with van der Waals surface area (Å²) in [7, 11) is 0. The highest BCUT2D eigenvalue weighted by molar-refractivity contribution is 7.15. The summed E-state index contributed by atoms with van der Waals surface area (Å²) in [5.74, 6) is 2.15. The molecule has 5 rings (SSSR count). The topological polar surface area (TPSA) is 99.7 Å². The molecule has 1 fully saturated rings. The summed E-state index contributed by atoms with van der Waals surface area (Å²) in [5.41, 5.74) is 8.45. The lowest BCUT2D eigenvalue weighted by atomic mass is 10.1. The van der Waals surface area contributed by atoms with Crippen molar-refractivity contribution in [3.8, 4) is 0 Å². The van der Waals surface area contributed by atoms with Gasteiger partial charge in [0.2, 0.25) is 5.13 Å². The summed E-state index contributed by atoms with van der Waals surface area (Å²) in [6.07, 6.45) is 12.5. The molecule has 0 saturated heterocycles. The number of nitrogens with one attached hydrogen (secondary N) is 4. The van der Waals surface area contributed by atoms with Gasteiger partial charge in [-0.05, 0) is 43.2 Å². The van der Waals surface area contributed by atoms with Crippen LogP contribution in [-0.2, 0) is 0 Å². The van der Waals surface area contributed by atoms with Gasteiger partial charge in [0, 0.05) is 12.1 Å². The SMILES string of the molecule is C1=CNNC(Nc2cnc3ccc(Nc4nnc(C5CCCC5)s4)nc3c2)=C1. The van der Waals surface area contributed by atoms with Crippen LogP contribution in [0.4, 0.5) is 16.6 Å². The minimum Gasteiger partial charge on any atom is -0.339 e. The summed E-state index contributed by atoms with van der Waals surface area (Å²) in [6, 6.07) is 5.84. The Kier molecular flexibility index (Phi) is 4.50. The molecule has 0 bridgehead atoms. The number of pyridine rings is 2. The van der Waals surface area contributed by atoms with Crippen LogP contribution in [0.3, 0.4) is 0 Å². The predicted octanol–water partition coefficient (Wildman–Crippen LogP) is 3.76. The van der Waals surface area contributed by atoms with Crippen LogP contribution in [0.25, 0.3) is 11.0 Å². The highest BCUT2D eigenvalue weighted by atomic mass is 32.1. The number of fused-ring (bicyclic) bond motifs is 1. The first-order chi connectivity index (χ1) is 13.8. The number of hydrogen-bond acceptors (Lipinski definition) is 9. The van der Waals surface area contributed by atoms with Crippen LogP contribution in [0, 0.1) is 0 Å². The molecule has 0 radical (unpaired) electrons. The normalized spacial score (nSPS) is 16.5. The third kappa shape index (κ3) is 3.61. The van der Waals surface area contributed by atoms with Gasteiger partial charge in [0.25, 0.3) is 0 Å². The van der Waals surface area contributed by atoms with Crippen molar-refractivity contribution in [1.29, 1.82) is 0 Å². The van der Waals surface area contributed by atoms with Gasteiger partial charge in [-0.15, -0.1) is 10.2 Å². The average Bonchev–Trinajstić information content (AvgIpc) is 3.40. The Labute approximate surface area is 166 Å². The van der Waals surface area contributed by atoms with E-state index in [0.717, 1.165) is 38.5 Å². The maximum atomic E-state index is 4.69. The summed E-state index contributed by atoms with van der Waals surface area (Å²) in [4.78, 5) is 9.17. The molecule has 0 spiro atoms. The Bertz CT molecular complexity index is 1050. The fourth-order valence-corrected chi connectivity index (χ4v) is 4.38. The number of allylic oxidation sites excluding steroid dienone is 2. The van der Waals surface area contributed by atoms with E-state index in [9.17, 15) is 0 Å². The molecule has 142 valence electrons. The van der Waals surface area contributed by atoms with E-state index in [2.05, 4.69) is 41.7 Å². The van der Waals surface area contributed by atoms with E-state index in [1.807, 2.05) is 36.6 Å². The molecule has 1 saturated carbocycles. The van der Waals surface area contributed by atoms with E-state index in [0.29, 0.717) is 5.92 Å². The Balaban J connectivity index is 1.34. The number of aromatic nitrogens is 4. The van der Waals surface area contributed by atoms with E-state index >= 15 is 0 Å². The van der Waals surface area contributed by atoms with Crippen molar-refractivity contribution in [2.45, 2.75) is 31.6 Å². The predicted molar refractivity (Wildman–Crippen MR) is 111 cm³/mol. The van der Waals surface area contributed by atoms with Gasteiger partial charge in [0.15, 0.2) is 0 Å². The lowest BCUT2D eigenvalue weighted by Gasteiger charge is -2.15. The van der Waals surface area contributed by atoms with Gasteiger partial charge in [-0.3, -0.25) is 10.4 Å². The standard InChI is InChI=1S/C19H20N8S/c1-2-5-12(4-1)18-26-27-19(28-18)24-16-8-7-14-15(23-16)10-13(11-20-14)22-17-6-3-9-21-25-17/h3,6-12,21-22,25H,1-2,4-5H2,(H,23,24,27). The molecule has 4 heterocycles. The maximum Gasteiger partial charge on any atom is 0.211 e. The number of hydrazine groups is 1. The van der Waals surface area contributed by atoms with Crippen molar-refractivity contribution < 1.29 is 0 Å². The molecule has 4 N–H and O–H groups in total. The molecule has 8 nitrogen and oxygen atoms in total. The largest absolute Gasteiger partial charge is 0.339 e. The molecule has 3 aromatic rings. The highest BCUT2D eigenvalue weighted by Crippen LogP contribution is 2.36. The van der Waals surface area contributed by atoms with Crippen molar-refractivity contribution in [2.75, 3.05) is 10.6 Å². The first-order valence-corrected chi connectivity index (χ1v) is 10.2. The number of nitrogens with zero attached hydrogens (tertiary/aromatic N) is 4. The van der Waals surface area contributed by atoms with Gasteiger partial charge in [0.1, 0.15) is 16.6 Å². The molecule has 2 aliphatic rings. The van der Waals surface area contributed by atoms with Crippen molar-refractivity contribution in [3.05, 3.63) is 53.6 Å². The molecule has 0 atom stereocenters. The van der Waals surface area contributed by atoms with Crippen molar-refractivity contribution in [1.82, 2.24) is 31.0 Å². The summed E-state index contributed by atoms with van der Waals surface area (Å²) < 4.78 is 0. The monoisotopic (exact) mass is 392 g/mol. The van der Waals surface area contributed by atoms with Crippen molar-refractivity contribution >= 4 is 39.0 Å². The zero-order valence-corrected chi connectivity index (χ0v) is 16.0. The smallest absolute Gasteiger partial charge is 0.211 e. The van der Waals surface area contributed by atoms with E-state index in [1.165, 1.54) is 25.7 Å². The summed E-state index contributed by atoms with van der Waals surface area (Å²) >= 11 is 1.63. The van der Waals surface area contributed by atoms with Crippen LogP contribution >= 0.6 is 11.3 Å². The molecule has 1 aliphatic carbocycles. The molecule has 0 amide bonds. The highest BCUT2D eigenvalue weighted by Gasteiger charge is 2.21. The summed E-state index contributed by atoms with van der Waals surface area (Å²) in [6.45, 7) is 0. The van der Waals surface area contributed by atoms with E-state index in [4.69, 9.17) is 0 Å². The van der Waals surface area contributed by atoms with Gasteiger partial charge < -0.3 is 16.1 Å². The summed E-state index contributed by atoms with van der Waals surface area (Å²) in [5, 5.41) is 17.1. The average molecular weight is 392 g/mol. The maximum absolute atomic E-state index is 4.69. The molecule has 0 unspecified atom stereocenters. The fourth-order valence-electron chi connectivity index (χ4n) is 3.46. The van der Waals surface area contributed by atoms with Crippen LogP contribution in [-0.4, -0.2) is 20.2 Å². The number of hydrogen-bond donors (Lipinski definition) is 4. The Hall–Kier alpha value is -3.20. The van der Waals surface area contributed by atoms with E-state index in [1.54, 1.807) is 17.5 Å². The van der Waals surface area contributed by atoms with Crippen molar-refractivity contribution in [2.24, 2.45) is 0 Å². The zero-order chi connectivity index (χ0) is 18.8. The second kappa shape index (κ2) is 7.43. The molecule has 0 aromatic carbocycles. The van der Waals surface area contributed by atoms with Gasteiger partial charge in [-0.1, -0.05) is 24.2 Å². The van der Waals surface area contributed by atoms with E-state index in [-0.39, 0.29) is 0 Å². The van der Waals surface area contributed by atoms with Crippen LogP contribution in [0.5, 0.6) is 0 Å². The fraction of sp³-hybridized carbons (Fsp3) is 0.263. The quantitative estimate of drug-likeness (QED) is 0.521. The van der Waals surface area contributed by atoms with Crippen LogP contribution in [0.15, 0.2) is 48.6 Å². The minimum atomic E-state index is 0.572. The Morgan fingerprint density at radius 1 is 1.07 bits per heavy atom. The zero-order valence-electron chi connectivity index (χ0n) is 15.1. The third-order valence-electron chi connectivity index (χ3n) is 4.85. The first kappa shape index (κ1) is 16.9. The molecule has 28 heavy (non-hydrogen) atoms. The van der Waals surface area contributed by atoms with Gasteiger partial charge in [-0.2, -0.15) is 0 Å². The van der Waals surface area contributed by atoms with Gasteiger partial charge in [0.05, 0.1) is 22.9 Å². The lowest BCUT2D eigenvalue weighted by molar-refractivity contribution is 0.705. The van der Waals surface area contributed by atoms with Gasteiger partial charge >= 0.3 is 0 Å². The molecule has 1 aliphatic heterocycles. The minimum absolute atomic E-state index is 0.572. The number of rotatable bonds is 5. The lowest BCUT2D eigenvalue weighted by Crippen LogP contribution is -2.31. The molecule has 3 aromatic heterocycles. The van der Waals surface area contributed by atoms with Crippen molar-refractivity contribution in [3.63, 3.8) is 0 Å². The Morgan fingerprint density at radius 3 is 2.86 bits per heavy atom. The van der Waals surface area contributed by atoms with Crippen LogP contribution in [0.1, 0.15) is 36.6 Å². The first-order valence-electron chi connectivity index (χ1n) is 9.36. The second-order valence-corrected chi connectivity index (χ2v) is 7.85. The van der Waals surface area contributed by atoms with Gasteiger partial charge in [-0.25, -0.2) is 4.98 Å². The molecular formula is C19H20N8S. The third-order valence-corrected chi connectivity index (χ3v) is 5.85. The van der Waals surface area contributed by atoms with E-state index < -0.39 is 0 Å². The molecular weight excluding hydrogens is 372 g/mol.